The van der Waals surface area contributed by atoms with Crippen LogP contribution in [-0.4, -0.2) is 23.2 Å². The van der Waals surface area contributed by atoms with Crippen molar-refractivity contribution in [3.05, 3.63) is 35.0 Å². The van der Waals surface area contributed by atoms with Gasteiger partial charge in [-0.2, -0.15) is 0 Å². The molecule has 0 fully saturated rings. The second-order valence-electron chi connectivity index (χ2n) is 5.05. The molecule has 0 spiro atoms. The molecule has 0 aliphatic carbocycles. The van der Waals surface area contributed by atoms with E-state index in [1.807, 2.05) is 18.2 Å². The lowest BCUT2D eigenvalue weighted by Gasteiger charge is -2.18. The second-order valence-corrected chi connectivity index (χ2v) is 6.25. The summed E-state index contributed by atoms with van der Waals surface area (Å²) in [4.78, 5) is 10.8. The lowest BCUT2D eigenvalue weighted by Crippen LogP contribution is -2.15. The largest absolute Gasteiger partial charge is 0.486 e. The molecule has 4 rings (SSSR count). The zero-order chi connectivity index (χ0) is 15.1. The van der Waals surface area contributed by atoms with Gasteiger partial charge in [0.05, 0.1) is 5.39 Å². The van der Waals surface area contributed by atoms with Crippen LogP contribution in [0.25, 0.3) is 10.2 Å². The van der Waals surface area contributed by atoms with Gasteiger partial charge in [0, 0.05) is 10.9 Å². The standard InChI is InChI=1S/C16H14N2O3S/c1-9-10(2)22-16-14(9)15(17-8-18-16)21-11-3-4-12-13(7-11)20-6-5-19-12/h3-4,7-8H,5-6H2,1-2H3. The minimum absolute atomic E-state index is 0.553. The predicted molar refractivity (Wildman–Crippen MR) is 84.4 cm³/mol. The molecule has 0 saturated heterocycles. The van der Waals surface area contributed by atoms with Gasteiger partial charge in [-0.3, -0.25) is 0 Å². The minimum Gasteiger partial charge on any atom is -0.486 e. The average Bonchev–Trinajstić information content (AvgIpc) is 2.83. The molecule has 0 bridgehead atoms. The first-order valence-electron chi connectivity index (χ1n) is 7.00. The number of hydrogen-bond donors (Lipinski definition) is 0. The van der Waals surface area contributed by atoms with E-state index in [4.69, 9.17) is 14.2 Å². The molecule has 0 amide bonds. The second kappa shape index (κ2) is 5.14. The summed E-state index contributed by atoms with van der Waals surface area (Å²) >= 11 is 1.65. The maximum atomic E-state index is 5.97. The van der Waals surface area contributed by atoms with Crippen LogP contribution in [0.2, 0.25) is 0 Å². The first-order valence-corrected chi connectivity index (χ1v) is 7.82. The third-order valence-electron chi connectivity index (χ3n) is 3.66. The zero-order valence-corrected chi connectivity index (χ0v) is 13.1. The van der Waals surface area contributed by atoms with Crippen molar-refractivity contribution in [2.75, 3.05) is 13.2 Å². The van der Waals surface area contributed by atoms with E-state index in [9.17, 15) is 0 Å². The van der Waals surface area contributed by atoms with Crippen molar-refractivity contribution in [1.82, 2.24) is 9.97 Å². The molecule has 2 aromatic heterocycles. The molecule has 0 saturated carbocycles. The third-order valence-corrected chi connectivity index (χ3v) is 4.77. The van der Waals surface area contributed by atoms with Crippen molar-refractivity contribution >= 4 is 21.6 Å². The molecule has 3 aromatic rings. The summed E-state index contributed by atoms with van der Waals surface area (Å²) in [5.74, 6) is 2.69. The van der Waals surface area contributed by atoms with Crippen molar-refractivity contribution < 1.29 is 14.2 Å². The van der Waals surface area contributed by atoms with Gasteiger partial charge in [-0.15, -0.1) is 11.3 Å². The molecule has 3 heterocycles. The van der Waals surface area contributed by atoms with Crippen LogP contribution >= 0.6 is 11.3 Å². The first kappa shape index (κ1) is 13.3. The highest BCUT2D eigenvalue weighted by molar-refractivity contribution is 7.18. The van der Waals surface area contributed by atoms with E-state index >= 15 is 0 Å². The van der Waals surface area contributed by atoms with E-state index in [1.165, 1.54) is 11.2 Å². The fraction of sp³-hybridized carbons (Fsp3) is 0.250. The van der Waals surface area contributed by atoms with Gasteiger partial charge in [-0.1, -0.05) is 0 Å². The Morgan fingerprint density at radius 3 is 2.77 bits per heavy atom. The minimum atomic E-state index is 0.553. The van der Waals surface area contributed by atoms with Crippen LogP contribution < -0.4 is 14.2 Å². The van der Waals surface area contributed by atoms with Gasteiger partial charge in [-0.05, 0) is 31.5 Å². The van der Waals surface area contributed by atoms with E-state index < -0.39 is 0 Å². The molecule has 0 N–H and O–H groups in total. The highest BCUT2D eigenvalue weighted by Gasteiger charge is 2.16. The average molecular weight is 314 g/mol. The number of thiophene rings is 1. The summed E-state index contributed by atoms with van der Waals surface area (Å²) in [6.45, 7) is 5.27. The Morgan fingerprint density at radius 2 is 1.91 bits per heavy atom. The maximum absolute atomic E-state index is 5.97. The van der Waals surface area contributed by atoms with Gasteiger partial charge in [0.15, 0.2) is 11.5 Å². The summed E-state index contributed by atoms with van der Waals surface area (Å²) in [6, 6.07) is 5.54. The first-order chi connectivity index (χ1) is 10.7. The Balaban J connectivity index is 1.75. The lowest BCUT2D eigenvalue weighted by molar-refractivity contribution is 0.171. The van der Waals surface area contributed by atoms with Gasteiger partial charge in [0.2, 0.25) is 5.88 Å². The van der Waals surface area contributed by atoms with Crippen LogP contribution in [0, 0.1) is 13.8 Å². The van der Waals surface area contributed by atoms with E-state index in [-0.39, 0.29) is 0 Å². The number of fused-ring (bicyclic) bond motifs is 2. The molecular weight excluding hydrogens is 300 g/mol. The molecule has 1 aliphatic rings. The zero-order valence-electron chi connectivity index (χ0n) is 12.3. The number of aromatic nitrogens is 2. The monoisotopic (exact) mass is 314 g/mol. The number of nitrogens with zero attached hydrogens (tertiary/aromatic N) is 2. The number of benzene rings is 1. The van der Waals surface area contributed by atoms with E-state index in [0.717, 1.165) is 21.5 Å². The van der Waals surface area contributed by atoms with Crippen LogP contribution in [0.4, 0.5) is 0 Å². The van der Waals surface area contributed by atoms with E-state index in [0.29, 0.717) is 30.6 Å². The van der Waals surface area contributed by atoms with E-state index in [2.05, 4.69) is 23.8 Å². The van der Waals surface area contributed by atoms with Gasteiger partial charge in [0.1, 0.15) is 30.1 Å². The molecule has 6 heteroatoms. The summed E-state index contributed by atoms with van der Waals surface area (Å²) in [6.07, 6.45) is 1.53. The Kier molecular flexibility index (Phi) is 3.11. The van der Waals surface area contributed by atoms with E-state index in [1.54, 1.807) is 11.3 Å². The number of rotatable bonds is 2. The Bertz CT molecular complexity index is 860. The summed E-state index contributed by atoms with van der Waals surface area (Å²) in [5.41, 5.74) is 1.16. The fourth-order valence-electron chi connectivity index (χ4n) is 2.43. The fourth-order valence-corrected chi connectivity index (χ4v) is 3.41. The van der Waals surface area contributed by atoms with Crippen molar-refractivity contribution in [2.24, 2.45) is 0 Å². The topological polar surface area (TPSA) is 53.5 Å². The Labute approximate surface area is 131 Å². The normalized spacial score (nSPS) is 13.4. The van der Waals surface area contributed by atoms with Crippen LogP contribution in [0.5, 0.6) is 23.1 Å². The van der Waals surface area contributed by atoms with Crippen LogP contribution in [0.3, 0.4) is 0 Å². The van der Waals surface area contributed by atoms with Crippen molar-refractivity contribution in [1.29, 1.82) is 0 Å². The summed E-state index contributed by atoms with van der Waals surface area (Å²) < 4.78 is 17.1. The number of hydrogen-bond acceptors (Lipinski definition) is 6. The highest BCUT2D eigenvalue weighted by atomic mass is 32.1. The molecule has 112 valence electrons. The molecule has 0 unspecified atom stereocenters. The molecule has 0 radical (unpaired) electrons. The van der Waals surface area contributed by atoms with Crippen LogP contribution in [-0.2, 0) is 0 Å². The molecular formula is C16H14N2O3S. The summed E-state index contributed by atoms with van der Waals surface area (Å²) in [5, 5.41) is 0.972. The van der Waals surface area contributed by atoms with Gasteiger partial charge in [0.25, 0.3) is 0 Å². The van der Waals surface area contributed by atoms with Crippen molar-refractivity contribution in [2.45, 2.75) is 13.8 Å². The Hall–Kier alpha value is -2.34. The van der Waals surface area contributed by atoms with Crippen molar-refractivity contribution in [3.63, 3.8) is 0 Å². The SMILES string of the molecule is Cc1sc2ncnc(Oc3ccc4c(c3)OCCO4)c2c1C. The van der Waals surface area contributed by atoms with Crippen molar-refractivity contribution in [3.8, 4) is 23.1 Å². The summed E-state index contributed by atoms with van der Waals surface area (Å²) in [7, 11) is 0. The van der Waals surface area contributed by atoms with Gasteiger partial charge >= 0.3 is 0 Å². The third kappa shape index (κ3) is 2.16. The molecule has 0 atom stereocenters. The van der Waals surface area contributed by atoms with Gasteiger partial charge in [-0.25, -0.2) is 9.97 Å². The molecule has 5 nitrogen and oxygen atoms in total. The Morgan fingerprint density at radius 1 is 1.09 bits per heavy atom. The number of aryl methyl sites for hydroxylation is 2. The lowest BCUT2D eigenvalue weighted by atomic mass is 10.2. The molecule has 22 heavy (non-hydrogen) atoms. The smallest absolute Gasteiger partial charge is 0.231 e. The van der Waals surface area contributed by atoms with Crippen LogP contribution in [0.15, 0.2) is 24.5 Å². The predicted octanol–water partition coefficient (Wildman–Crippen LogP) is 3.87. The molecule has 1 aromatic carbocycles. The number of ether oxygens (including phenoxy) is 3. The quantitative estimate of drug-likeness (QED) is 0.718. The maximum Gasteiger partial charge on any atom is 0.231 e. The highest BCUT2D eigenvalue weighted by Crippen LogP contribution is 2.38. The van der Waals surface area contributed by atoms with Gasteiger partial charge < -0.3 is 14.2 Å². The van der Waals surface area contributed by atoms with Crippen LogP contribution in [0.1, 0.15) is 10.4 Å². The molecule has 1 aliphatic heterocycles.